The number of carbonyl (C=O) groups is 1. The summed E-state index contributed by atoms with van der Waals surface area (Å²) in [6, 6.07) is 15.7. The normalized spacial score (nSPS) is 10.6. The molecule has 31 heavy (non-hydrogen) atoms. The molecule has 2 aromatic rings. The third-order valence-corrected chi connectivity index (χ3v) is 5.60. The minimum Gasteiger partial charge on any atom is -0.497 e. The van der Waals surface area contributed by atoms with Gasteiger partial charge in [-0.15, -0.1) is 0 Å². The van der Waals surface area contributed by atoms with Gasteiger partial charge in [-0.3, -0.25) is 4.79 Å². The number of nitrogens with one attached hydrogen (secondary N) is 2. The predicted molar refractivity (Wildman–Crippen MR) is 131 cm³/mol. The summed E-state index contributed by atoms with van der Waals surface area (Å²) in [5.41, 5.74) is 2.86. The summed E-state index contributed by atoms with van der Waals surface area (Å²) in [4.78, 5) is 12.3. The van der Waals surface area contributed by atoms with E-state index in [0.717, 1.165) is 35.5 Å². The number of amides is 1. The standard InChI is InChI=1S/C27H40N2O2/c1-3-4-5-6-7-8-9-10-11-12-20-28-27(30)24-18-16-23(17-19-24)22-29-25-14-13-15-26(21-25)31-2/h13-19,21,29H,3-12,20,22H2,1-2H3,(H,28,30). The first-order chi connectivity index (χ1) is 15.2. The van der Waals surface area contributed by atoms with Gasteiger partial charge >= 0.3 is 0 Å². The fourth-order valence-corrected chi connectivity index (χ4v) is 3.63. The van der Waals surface area contributed by atoms with E-state index in [1.54, 1.807) is 7.11 Å². The van der Waals surface area contributed by atoms with Crippen molar-refractivity contribution in [2.24, 2.45) is 0 Å². The monoisotopic (exact) mass is 424 g/mol. The van der Waals surface area contributed by atoms with Gasteiger partial charge in [-0.25, -0.2) is 0 Å². The van der Waals surface area contributed by atoms with Crippen molar-refractivity contribution in [3.8, 4) is 5.75 Å². The van der Waals surface area contributed by atoms with Crippen molar-refractivity contribution < 1.29 is 9.53 Å². The molecule has 2 N–H and O–H groups in total. The van der Waals surface area contributed by atoms with Crippen molar-refractivity contribution in [1.82, 2.24) is 5.32 Å². The maximum atomic E-state index is 12.3. The van der Waals surface area contributed by atoms with Crippen LogP contribution in [-0.2, 0) is 6.54 Å². The first-order valence-corrected chi connectivity index (χ1v) is 12.0. The van der Waals surface area contributed by atoms with Crippen molar-refractivity contribution >= 4 is 11.6 Å². The predicted octanol–water partition coefficient (Wildman–Crippen LogP) is 6.96. The molecule has 0 aliphatic carbocycles. The molecule has 0 aliphatic rings. The van der Waals surface area contributed by atoms with E-state index in [4.69, 9.17) is 4.74 Å². The Balaban J connectivity index is 1.57. The lowest BCUT2D eigenvalue weighted by molar-refractivity contribution is 0.0953. The Labute approximate surface area is 188 Å². The summed E-state index contributed by atoms with van der Waals surface area (Å²) in [6.07, 6.45) is 13.1. The molecule has 0 heterocycles. The molecule has 4 nitrogen and oxygen atoms in total. The van der Waals surface area contributed by atoms with E-state index in [1.165, 1.54) is 57.8 Å². The van der Waals surface area contributed by atoms with Gasteiger partial charge < -0.3 is 15.4 Å². The van der Waals surface area contributed by atoms with Crippen LogP contribution in [0.15, 0.2) is 48.5 Å². The van der Waals surface area contributed by atoms with Crippen LogP contribution in [0, 0.1) is 0 Å². The van der Waals surface area contributed by atoms with E-state index in [1.807, 2.05) is 48.5 Å². The van der Waals surface area contributed by atoms with Crippen LogP contribution in [0.2, 0.25) is 0 Å². The molecule has 0 aromatic heterocycles. The summed E-state index contributed by atoms with van der Waals surface area (Å²) in [6.45, 7) is 3.72. The molecular formula is C27H40N2O2. The smallest absolute Gasteiger partial charge is 0.251 e. The molecule has 0 atom stereocenters. The first-order valence-electron chi connectivity index (χ1n) is 12.0. The van der Waals surface area contributed by atoms with Gasteiger partial charge in [-0.1, -0.05) is 82.9 Å². The third-order valence-electron chi connectivity index (χ3n) is 5.60. The molecule has 0 spiro atoms. The SMILES string of the molecule is CCCCCCCCCCCCNC(=O)c1ccc(CNc2cccc(OC)c2)cc1. The number of ether oxygens (including phenoxy) is 1. The average Bonchev–Trinajstić information content (AvgIpc) is 2.81. The van der Waals surface area contributed by atoms with Crippen LogP contribution >= 0.6 is 0 Å². The molecule has 0 bridgehead atoms. The zero-order valence-corrected chi connectivity index (χ0v) is 19.4. The lowest BCUT2D eigenvalue weighted by Crippen LogP contribution is -2.24. The number of rotatable bonds is 16. The summed E-state index contributed by atoms with van der Waals surface area (Å²) < 4.78 is 5.25. The molecule has 0 saturated heterocycles. The van der Waals surface area contributed by atoms with Gasteiger partial charge in [0.2, 0.25) is 0 Å². The molecule has 170 valence electrons. The topological polar surface area (TPSA) is 50.4 Å². The number of hydrogen-bond acceptors (Lipinski definition) is 3. The van der Waals surface area contributed by atoms with Crippen LogP contribution in [0.5, 0.6) is 5.75 Å². The third kappa shape index (κ3) is 10.4. The van der Waals surface area contributed by atoms with Crippen LogP contribution in [0.4, 0.5) is 5.69 Å². The molecule has 0 saturated carbocycles. The molecular weight excluding hydrogens is 384 g/mol. The Bertz CT molecular complexity index is 743. The minimum absolute atomic E-state index is 0.0169. The van der Waals surface area contributed by atoms with Crippen LogP contribution in [0.1, 0.15) is 87.1 Å². The summed E-state index contributed by atoms with van der Waals surface area (Å²) >= 11 is 0. The van der Waals surface area contributed by atoms with Gasteiger partial charge in [0.1, 0.15) is 5.75 Å². The number of carbonyl (C=O) groups excluding carboxylic acids is 1. The second kappa shape index (κ2) is 15.3. The maximum Gasteiger partial charge on any atom is 0.251 e. The molecule has 0 radical (unpaired) electrons. The lowest BCUT2D eigenvalue weighted by atomic mass is 10.1. The van der Waals surface area contributed by atoms with Crippen LogP contribution in [0.25, 0.3) is 0 Å². The Morgan fingerprint density at radius 1 is 0.839 bits per heavy atom. The number of anilines is 1. The average molecular weight is 425 g/mol. The molecule has 0 aliphatic heterocycles. The quantitative estimate of drug-likeness (QED) is 0.286. The van der Waals surface area contributed by atoms with Gasteiger partial charge in [0, 0.05) is 30.4 Å². The summed E-state index contributed by atoms with van der Waals surface area (Å²) in [5, 5.41) is 6.42. The highest BCUT2D eigenvalue weighted by Gasteiger charge is 2.05. The maximum absolute atomic E-state index is 12.3. The van der Waals surface area contributed by atoms with E-state index < -0.39 is 0 Å². The highest BCUT2D eigenvalue weighted by atomic mass is 16.5. The van der Waals surface area contributed by atoms with Gasteiger partial charge in [0.25, 0.3) is 5.91 Å². The van der Waals surface area contributed by atoms with E-state index in [9.17, 15) is 4.79 Å². The zero-order chi connectivity index (χ0) is 22.2. The van der Waals surface area contributed by atoms with Crippen molar-refractivity contribution in [1.29, 1.82) is 0 Å². The van der Waals surface area contributed by atoms with Crippen LogP contribution in [-0.4, -0.2) is 19.6 Å². The van der Waals surface area contributed by atoms with Crippen molar-refractivity contribution in [3.63, 3.8) is 0 Å². The van der Waals surface area contributed by atoms with Crippen molar-refractivity contribution in [3.05, 3.63) is 59.7 Å². The second-order valence-electron chi connectivity index (χ2n) is 8.22. The number of benzene rings is 2. The zero-order valence-electron chi connectivity index (χ0n) is 19.4. The molecule has 2 aromatic carbocycles. The first kappa shape index (κ1) is 24.8. The van der Waals surface area contributed by atoms with Gasteiger partial charge in [0.05, 0.1) is 7.11 Å². The lowest BCUT2D eigenvalue weighted by Gasteiger charge is -2.09. The summed E-state index contributed by atoms with van der Waals surface area (Å²) in [5.74, 6) is 0.850. The molecule has 4 heteroatoms. The minimum atomic E-state index is 0.0169. The largest absolute Gasteiger partial charge is 0.497 e. The van der Waals surface area contributed by atoms with E-state index in [2.05, 4.69) is 17.6 Å². The molecule has 0 unspecified atom stereocenters. The Kier molecular flexibility index (Phi) is 12.3. The van der Waals surface area contributed by atoms with Crippen LogP contribution in [0.3, 0.4) is 0 Å². The van der Waals surface area contributed by atoms with Crippen molar-refractivity contribution in [2.75, 3.05) is 19.0 Å². The number of hydrogen-bond donors (Lipinski definition) is 2. The fourth-order valence-electron chi connectivity index (χ4n) is 3.63. The molecule has 1 amide bonds. The fraction of sp³-hybridized carbons (Fsp3) is 0.519. The number of methoxy groups -OCH3 is 1. The van der Waals surface area contributed by atoms with E-state index >= 15 is 0 Å². The van der Waals surface area contributed by atoms with E-state index in [0.29, 0.717) is 6.54 Å². The van der Waals surface area contributed by atoms with Crippen LogP contribution < -0.4 is 15.4 Å². The Morgan fingerprint density at radius 3 is 2.13 bits per heavy atom. The highest BCUT2D eigenvalue weighted by molar-refractivity contribution is 5.94. The molecule has 0 fully saturated rings. The van der Waals surface area contributed by atoms with Gasteiger partial charge in [-0.05, 0) is 36.2 Å². The Hall–Kier alpha value is -2.49. The van der Waals surface area contributed by atoms with E-state index in [-0.39, 0.29) is 5.91 Å². The van der Waals surface area contributed by atoms with Gasteiger partial charge in [-0.2, -0.15) is 0 Å². The van der Waals surface area contributed by atoms with Crippen molar-refractivity contribution in [2.45, 2.75) is 77.7 Å². The highest BCUT2D eigenvalue weighted by Crippen LogP contribution is 2.17. The second-order valence-corrected chi connectivity index (χ2v) is 8.22. The summed E-state index contributed by atoms with van der Waals surface area (Å²) in [7, 11) is 1.67. The molecule has 2 rings (SSSR count). The van der Waals surface area contributed by atoms with Gasteiger partial charge in [0.15, 0.2) is 0 Å². The number of unbranched alkanes of at least 4 members (excludes halogenated alkanes) is 9. The Morgan fingerprint density at radius 2 is 1.48 bits per heavy atom.